The lowest BCUT2D eigenvalue weighted by molar-refractivity contribution is -0.274. The molecule has 3 rings (SSSR count). The molecule has 0 fully saturated rings. The molecule has 0 aliphatic rings. The van der Waals surface area contributed by atoms with Crippen LogP contribution in [0.25, 0.3) is 10.9 Å². The number of hydrogen-bond acceptors (Lipinski definition) is 3. The number of benzene rings is 2. The van der Waals surface area contributed by atoms with Gasteiger partial charge in [0.05, 0.1) is 23.8 Å². The molecule has 0 saturated heterocycles. The van der Waals surface area contributed by atoms with Gasteiger partial charge in [-0.3, -0.25) is 9.36 Å². The van der Waals surface area contributed by atoms with E-state index < -0.39 is 6.36 Å². The zero-order valence-electron chi connectivity index (χ0n) is 12.0. The Kier molecular flexibility index (Phi) is 4.19. The second-order valence-electron chi connectivity index (χ2n) is 5.03. The second-order valence-corrected chi connectivity index (χ2v) is 5.47. The minimum Gasteiger partial charge on any atom is -0.406 e. The number of ether oxygens (including phenoxy) is 1. The van der Waals surface area contributed by atoms with Crippen LogP contribution in [0.15, 0.2) is 53.6 Å². The summed E-state index contributed by atoms with van der Waals surface area (Å²) in [6.07, 6.45) is -3.35. The molecule has 1 aromatic heterocycles. The van der Waals surface area contributed by atoms with E-state index in [0.717, 1.165) is 0 Å². The highest BCUT2D eigenvalue weighted by molar-refractivity contribution is 6.31. The highest BCUT2D eigenvalue weighted by Gasteiger charge is 2.30. The number of halogens is 4. The maximum Gasteiger partial charge on any atom is 0.573 e. The number of aromatic nitrogens is 2. The van der Waals surface area contributed by atoms with Crippen LogP contribution in [0.3, 0.4) is 0 Å². The molecular weight excluding hydrogens is 345 g/mol. The zero-order valence-corrected chi connectivity index (χ0v) is 12.8. The Balaban J connectivity index is 1.87. The third kappa shape index (κ3) is 3.68. The molecule has 3 aromatic rings. The molecule has 0 aliphatic carbocycles. The Labute approximate surface area is 139 Å². The fourth-order valence-corrected chi connectivity index (χ4v) is 2.41. The van der Waals surface area contributed by atoms with Crippen LogP contribution < -0.4 is 10.3 Å². The van der Waals surface area contributed by atoms with E-state index in [1.165, 1.54) is 41.2 Å². The van der Waals surface area contributed by atoms with Crippen LogP contribution in [0.4, 0.5) is 13.2 Å². The standard InChI is InChI=1S/C16H10ClF3N2O2/c17-11-3-6-14-13(7-11)15(23)22(9-21-14)8-10-1-4-12(5-2-10)24-16(18,19)20/h1-7,9H,8H2. The van der Waals surface area contributed by atoms with Crippen LogP contribution >= 0.6 is 11.6 Å². The summed E-state index contributed by atoms with van der Waals surface area (Å²) in [5.41, 5.74) is 0.877. The number of fused-ring (bicyclic) bond motifs is 1. The van der Waals surface area contributed by atoms with Crippen molar-refractivity contribution in [2.75, 3.05) is 0 Å². The van der Waals surface area contributed by atoms with E-state index in [-0.39, 0.29) is 17.9 Å². The maximum absolute atomic E-state index is 12.4. The number of rotatable bonds is 3. The Hall–Kier alpha value is -2.54. The highest BCUT2D eigenvalue weighted by atomic mass is 35.5. The summed E-state index contributed by atoms with van der Waals surface area (Å²) in [5.74, 6) is -0.318. The second kappa shape index (κ2) is 6.16. The number of hydrogen-bond donors (Lipinski definition) is 0. The van der Waals surface area contributed by atoms with Gasteiger partial charge in [-0.15, -0.1) is 13.2 Å². The molecule has 0 radical (unpaired) electrons. The fourth-order valence-electron chi connectivity index (χ4n) is 2.24. The van der Waals surface area contributed by atoms with E-state index in [1.54, 1.807) is 12.1 Å². The lowest BCUT2D eigenvalue weighted by atomic mass is 10.2. The van der Waals surface area contributed by atoms with Crippen LogP contribution in [0.5, 0.6) is 5.75 Å². The monoisotopic (exact) mass is 354 g/mol. The molecule has 0 spiro atoms. The summed E-state index contributed by atoms with van der Waals surface area (Å²) in [7, 11) is 0. The zero-order chi connectivity index (χ0) is 17.3. The molecule has 0 saturated carbocycles. The van der Waals surface area contributed by atoms with Gasteiger partial charge < -0.3 is 4.74 Å². The van der Waals surface area contributed by atoms with E-state index in [1.807, 2.05) is 0 Å². The van der Waals surface area contributed by atoms with Crippen LogP contribution in [-0.4, -0.2) is 15.9 Å². The van der Waals surface area contributed by atoms with Gasteiger partial charge in [0.2, 0.25) is 0 Å². The third-order valence-corrected chi connectivity index (χ3v) is 3.53. The number of nitrogens with zero attached hydrogens (tertiary/aromatic N) is 2. The van der Waals surface area contributed by atoms with E-state index >= 15 is 0 Å². The van der Waals surface area contributed by atoms with E-state index in [9.17, 15) is 18.0 Å². The van der Waals surface area contributed by atoms with E-state index in [0.29, 0.717) is 21.5 Å². The van der Waals surface area contributed by atoms with Gasteiger partial charge >= 0.3 is 6.36 Å². The Morgan fingerprint density at radius 1 is 1.12 bits per heavy atom. The largest absolute Gasteiger partial charge is 0.573 e. The van der Waals surface area contributed by atoms with Gasteiger partial charge in [-0.1, -0.05) is 23.7 Å². The third-order valence-electron chi connectivity index (χ3n) is 3.30. The van der Waals surface area contributed by atoms with Crippen molar-refractivity contribution >= 4 is 22.5 Å². The maximum atomic E-state index is 12.4. The average Bonchev–Trinajstić information content (AvgIpc) is 2.51. The van der Waals surface area contributed by atoms with Crippen molar-refractivity contribution in [3.63, 3.8) is 0 Å². The minimum atomic E-state index is -4.74. The first-order valence-electron chi connectivity index (χ1n) is 6.81. The Morgan fingerprint density at radius 3 is 2.50 bits per heavy atom. The molecule has 0 bridgehead atoms. The smallest absolute Gasteiger partial charge is 0.406 e. The molecule has 0 N–H and O–H groups in total. The summed E-state index contributed by atoms with van der Waals surface area (Å²) >= 11 is 5.89. The predicted molar refractivity (Wildman–Crippen MR) is 83.2 cm³/mol. The first-order valence-corrected chi connectivity index (χ1v) is 7.19. The summed E-state index contributed by atoms with van der Waals surface area (Å²) in [5, 5.41) is 0.801. The van der Waals surface area contributed by atoms with Gasteiger partial charge in [0, 0.05) is 5.02 Å². The normalized spacial score (nSPS) is 11.7. The van der Waals surface area contributed by atoms with Crippen molar-refractivity contribution in [1.29, 1.82) is 0 Å². The van der Waals surface area contributed by atoms with Crippen molar-refractivity contribution in [2.45, 2.75) is 12.9 Å². The summed E-state index contributed by atoms with van der Waals surface area (Å²) in [4.78, 5) is 16.6. The number of alkyl halides is 3. The highest BCUT2D eigenvalue weighted by Crippen LogP contribution is 2.23. The lowest BCUT2D eigenvalue weighted by Crippen LogP contribution is -2.21. The molecule has 4 nitrogen and oxygen atoms in total. The summed E-state index contributed by atoms with van der Waals surface area (Å²) < 4.78 is 41.6. The van der Waals surface area contributed by atoms with Crippen LogP contribution in [0, 0.1) is 0 Å². The predicted octanol–water partition coefficient (Wildman–Crippen LogP) is 4.00. The van der Waals surface area contributed by atoms with Crippen LogP contribution in [0.2, 0.25) is 5.02 Å². The van der Waals surface area contributed by atoms with E-state index in [2.05, 4.69) is 9.72 Å². The van der Waals surface area contributed by atoms with Gasteiger partial charge in [0.25, 0.3) is 5.56 Å². The molecule has 8 heteroatoms. The minimum absolute atomic E-state index is 0.167. The van der Waals surface area contributed by atoms with Crippen molar-refractivity contribution in [2.24, 2.45) is 0 Å². The van der Waals surface area contributed by atoms with Crippen molar-refractivity contribution in [3.8, 4) is 5.75 Å². The van der Waals surface area contributed by atoms with Gasteiger partial charge in [-0.25, -0.2) is 4.98 Å². The molecule has 0 amide bonds. The topological polar surface area (TPSA) is 44.1 Å². The average molecular weight is 355 g/mol. The van der Waals surface area contributed by atoms with Gasteiger partial charge in [-0.05, 0) is 35.9 Å². The van der Waals surface area contributed by atoms with Gasteiger partial charge in [-0.2, -0.15) is 0 Å². The Bertz CT molecular complexity index is 937. The van der Waals surface area contributed by atoms with Crippen LogP contribution in [-0.2, 0) is 6.54 Å². The summed E-state index contributed by atoms with van der Waals surface area (Å²) in [6, 6.07) is 10.1. The Morgan fingerprint density at radius 2 is 1.83 bits per heavy atom. The molecular formula is C16H10ClF3N2O2. The SMILES string of the molecule is O=c1c2cc(Cl)ccc2ncn1Cc1ccc(OC(F)(F)F)cc1. The van der Waals surface area contributed by atoms with Crippen LogP contribution in [0.1, 0.15) is 5.56 Å². The first kappa shape index (κ1) is 16.3. The quantitative estimate of drug-likeness (QED) is 0.714. The molecule has 1 heterocycles. The fraction of sp³-hybridized carbons (Fsp3) is 0.125. The van der Waals surface area contributed by atoms with Crippen molar-refractivity contribution < 1.29 is 17.9 Å². The molecule has 0 atom stereocenters. The van der Waals surface area contributed by atoms with Crippen molar-refractivity contribution in [3.05, 3.63) is 69.7 Å². The first-order chi connectivity index (χ1) is 11.3. The van der Waals surface area contributed by atoms with Gasteiger partial charge in [0.15, 0.2) is 0 Å². The molecule has 124 valence electrons. The molecule has 2 aromatic carbocycles. The van der Waals surface area contributed by atoms with Crippen molar-refractivity contribution in [1.82, 2.24) is 9.55 Å². The molecule has 24 heavy (non-hydrogen) atoms. The lowest BCUT2D eigenvalue weighted by Gasteiger charge is -2.10. The van der Waals surface area contributed by atoms with Gasteiger partial charge in [0.1, 0.15) is 5.75 Å². The molecule has 0 aliphatic heterocycles. The summed E-state index contributed by atoms with van der Waals surface area (Å²) in [6.45, 7) is 0.167. The molecule has 0 unspecified atom stereocenters. The van der Waals surface area contributed by atoms with E-state index in [4.69, 9.17) is 11.6 Å².